The van der Waals surface area contributed by atoms with Gasteiger partial charge in [-0.05, 0) is 37.6 Å². The quantitative estimate of drug-likeness (QED) is 0.403. The predicted molar refractivity (Wildman–Crippen MR) is 123 cm³/mol. The summed E-state index contributed by atoms with van der Waals surface area (Å²) >= 11 is 0. The van der Waals surface area contributed by atoms with E-state index in [1.165, 1.54) is 0 Å². The van der Waals surface area contributed by atoms with E-state index in [1.54, 1.807) is 20.0 Å². The molecule has 4 heterocycles. The van der Waals surface area contributed by atoms with E-state index in [0.717, 1.165) is 48.6 Å². The minimum Gasteiger partial charge on any atom is -0.402 e. The number of hydrogen-bond acceptors (Lipinski definition) is 7. The molecule has 3 aromatic rings. The second-order valence-corrected chi connectivity index (χ2v) is 7.58. The van der Waals surface area contributed by atoms with Crippen LogP contribution < -0.4 is 21.3 Å². The number of aromatic nitrogens is 3. The van der Waals surface area contributed by atoms with Gasteiger partial charge < -0.3 is 26.3 Å². The van der Waals surface area contributed by atoms with E-state index in [2.05, 4.69) is 25.5 Å². The van der Waals surface area contributed by atoms with Gasteiger partial charge in [-0.15, -0.1) is 0 Å². The lowest BCUT2D eigenvalue weighted by atomic mass is 10.1. The fourth-order valence-corrected chi connectivity index (χ4v) is 3.49. The lowest BCUT2D eigenvalue weighted by Gasteiger charge is -2.28. The van der Waals surface area contributed by atoms with Crippen molar-refractivity contribution in [3.05, 3.63) is 47.9 Å². The lowest BCUT2D eigenvalue weighted by Crippen LogP contribution is -2.43. The Hall–Kier alpha value is -3.72. The van der Waals surface area contributed by atoms with Gasteiger partial charge in [-0.2, -0.15) is 0 Å². The Morgan fingerprint density at radius 2 is 2.03 bits per heavy atom. The topological polar surface area (TPSA) is 136 Å². The Morgan fingerprint density at radius 1 is 1.26 bits per heavy atom. The van der Waals surface area contributed by atoms with Crippen molar-refractivity contribution >= 4 is 34.2 Å². The number of carbonyl (C=O) groups is 1. The summed E-state index contributed by atoms with van der Waals surface area (Å²) in [6, 6.07) is 7.83. The average molecular weight is 419 g/mol. The molecule has 0 atom stereocenters. The highest BCUT2D eigenvalue weighted by molar-refractivity contribution is 6.47. The standard InChI is InChI=1S/C22H26N8O/c1-13(14(2)23)20(24)22(31)28-15-10-16-17(12-27-21(16)26-11-15)18-4-3-5-19(29-18)30-8-6-25-7-9-30/h3-5,10-12,24-25H,6-9,23H2,1-2H3,(H,26,27)(H,28,31)/b14-13-,24-20?. The van der Waals surface area contributed by atoms with E-state index in [0.29, 0.717) is 22.6 Å². The first-order valence-electron chi connectivity index (χ1n) is 10.2. The second kappa shape index (κ2) is 8.57. The highest BCUT2D eigenvalue weighted by atomic mass is 16.1. The molecule has 1 aliphatic rings. The lowest BCUT2D eigenvalue weighted by molar-refractivity contribution is -0.110. The summed E-state index contributed by atoms with van der Waals surface area (Å²) < 4.78 is 0. The maximum absolute atomic E-state index is 12.4. The van der Waals surface area contributed by atoms with Gasteiger partial charge in [0.05, 0.1) is 17.6 Å². The van der Waals surface area contributed by atoms with Crippen molar-refractivity contribution in [3.8, 4) is 11.3 Å². The summed E-state index contributed by atoms with van der Waals surface area (Å²) in [5.74, 6) is 0.415. The van der Waals surface area contributed by atoms with Gasteiger partial charge in [0.15, 0.2) is 0 Å². The number of nitrogens with two attached hydrogens (primary N) is 1. The van der Waals surface area contributed by atoms with Crippen molar-refractivity contribution in [2.75, 3.05) is 36.4 Å². The van der Waals surface area contributed by atoms with E-state index in [4.69, 9.17) is 16.1 Å². The largest absolute Gasteiger partial charge is 0.402 e. The number of amides is 1. The summed E-state index contributed by atoms with van der Waals surface area (Å²) in [7, 11) is 0. The molecule has 1 saturated heterocycles. The maximum Gasteiger partial charge on any atom is 0.273 e. The zero-order chi connectivity index (χ0) is 22.0. The van der Waals surface area contributed by atoms with Crippen molar-refractivity contribution < 1.29 is 4.79 Å². The number of allylic oxidation sites excluding steroid dienone is 1. The van der Waals surface area contributed by atoms with E-state index in [9.17, 15) is 4.79 Å². The van der Waals surface area contributed by atoms with Crippen LogP contribution >= 0.6 is 0 Å². The molecule has 0 unspecified atom stereocenters. The molecule has 4 rings (SSSR count). The summed E-state index contributed by atoms with van der Waals surface area (Å²) in [6.07, 6.45) is 3.44. The number of hydrogen-bond donors (Lipinski definition) is 5. The summed E-state index contributed by atoms with van der Waals surface area (Å²) in [4.78, 5) is 27.1. The molecule has 0 spiro atoms. The monoisotopic (exact) mass is 418 g/mol. The summed E-state index contributed by atoms with van der Waals surface area (Å²) in [5.41, 5.74) is 9.37. The molecule has 1 amide bonds. The number of anilines is 2. The highest BCUT2D eigenvalue weighted by Gasteiger charge is 2.16. The molecule has 160 valence electrons. The number of rotatable bonds is 5. The summed E-state index contributed by atoms with van der Waals surface area (Å²) in [5, 5.41) is 14.9. The third-order valence-electron chi connectivity index (χ3n) is 5.43. The normalized spacial score (nSPS) is 15.0. The molecular formula is C22H26N8O. The van der Waals surface area contributed by atoms with Crippen LogP contribution in [0, 0.1) is 5.41 Å². The third-order valence-corrected chi connectivity index (χ3v) is 5.43. The molecule has 0 aliphatic carbocycles. The predicted octanol–water partition coefficient (Wildman–Crippen LogP) is 2.25. The number of pyridine rings is 2. The van der Waals surface area contributed by atoms with Crippen LogP contribution in [0.3, 0.4) is 0 Å². The van der Waals surface area contributed by atoms with Crippen molar-refractivity contribution in [2.45, 2.75) is 13.8 Å². The van der Waals surface area contributed by atoms with Crippen LogP contribution in [-0.2, 0) is 4.79 Å². The zero-order valence-electron chi connectivity index (χ0n) is 17.6. The first-order valence-corrected chi connectivity index (χ1v) is 10.2. The van der Waals surface area contributed by atoms with Gasteiger partial charge >= 0.3 is 0 Å². The van der Waals surface area contributed by atoms with Crippen LogP contribution in [0.4, 0.5) is 11.5 Å². The van der Waals surface area contributed by atoms with E-state index in [1.807, 2.05) is 30.5 Å². The van der Waals surface area contributed by atoms with Gasteiger partial charge in [-0.25, -0.2) is 9.97 Å². The Balaban J connectivity index is 1.63. The van der Waals surface area contributed by atoms with Crippen molar-refractivity contribution in [1.29, 1.82) is 5.41 Å². The number of fused-ring (bicyclic) bond motifs is 1. The number of nitrogens with one attached hydrogen (secondary N) is 4. The Bertz CT molecular complexity index is 1170. The molecule has 31 heavy (non-hydrogen) atoms. The number of aromatic amines is 1. The Labute approximate surface area is 180 Å². The number of carbonyl (C=O) groups excluding carboxylic acids is 1. The SMILES string of the molecule is C/C(N)=C(\C)C(=N)C(=O)Nc1cnc2[nH]cc(-c3cccc(N4CCNCC4)n3)c2c1. The van der Waals surface area contributed by atoms with Gasteiger partial charge in [0, 0.05) is 49.0 Å². The van der Waals surface area contributed by atoms with Crippen molar-refractivity contribution in [1.82, 2.24) is 20.3 Å². The van der Waals surface area contributed by atoms with E-state index >= 15 is 0 Å². The van der Waals surface area contributed by atoms with Gasteiger partial charge in [0.25, 0.3) is 5.91 Å². The van der Waals surface area contributed by atoms with Crippen molar-refractivity contribution in [3.63, 3.8) is 0 Å². The minimum absolute atomic E-state index is 0.167. The number of H-pyrrole nitrogens is 1. The molecule has 3 aromatic heterocycles. The Kier molecular flexibility index (Phi) is 5.68. The Morgan fingerprint density at radius 3 is 2.77 bits per heavy atom. The van der Waals surface area contributed by atoms with Crippen molar-refractivity contribution in [2.24, 2.45) is 5.73 Å². The zero-order valence-corrected chi connectivity index (χ0v) is 17.6. The molecular weight excluding hydrogens is 392 g/mol. The highest BCUT2D eigenvalue weighted by Crippen LogP contribution is 2.29. The van der Waals surface area contributed by atoms with Crippen LogP contribution in [0.25, 0.3) is 22.3 Å². The maximum atomic E-state index is 12.4. The molecule has 1 aliphatic heterocycles. The minimum atomic E-state index is -0.528. The molecule has 0 aromatic carbocycles. The van der Waals surface area contributed by atoms with Crippen LogP contribution in [0.1, 0.15) is 13.8 Å². The van der Waals surface area contributed by atoms with E-state index < -0.39 is 5.91 Å². The molecule has 9 nitrogen and oxygen atoms in total. The molecule has 0 saturated carbocycles. The smallest absolute Gasteiger partial charge is 0.273 e. The molecule has 6 N–H and O–H groups in total. The van der Waals surface area contributed by atoms with Gasteiger partial charge in [0.1, 0.15) is 17.2 Å². The number of piperazine rings is 1. The van der Waals surface area contributed by atoms with Crippen LogP contribution in [-0.4, -0.2) is 52.7 Å². The average Bonchev–Trinajstić information content (AvgIpc) is 3.22. The first kappa shape index (κ1) is 20.5. The fourth-order valence-electron chi connectivity index (χ4n) is 3.49. The molecule has 1 fully saturated rings. The van der Waals surface area contributed by atoms with Gasteiger partial charge in [-0.3, -0.25) is 10.2 Å². The van der Waals surface area contributed by atoms with Gasteiger partial charge in [0.2, 0.25) is 0 Å². The number of nitrogens with zero attached hydrogens (tertiary/aromatic N) is 3. The van der Waals surface area contributed by atoms with E-state index in [-0.39, 0.29) is 5.71 Å². The second-order valence-electron chi connectivity index (χ2n) is 7.58. The van der Waals surface area contributed by atoms with Crippen LogP contribution in [0.15, 0.2) is 47.9 Å². The fraction of sp³-hybridized carbons (Fsp3) is 0.273. The van der Waals surface area contributed by atoms with Crippen LogP contribution in [0.5, 0.6) is 0 Å². The summed E-state index contributed by atoms with van der Waals surface area (Å²) in [6.45, 7) is 7.05. The van der Waals surface area contributed by atoms with Crippen LogP contribution in [0.2, 0.25) is 0 Å². The third kappa shape index (κ3) is 4.26. The molecule has 9 heteroatoms. The first-order chi connectivity index (χ1) is 14.9. The molecule has 0 radical (unpaired) electrons. The van der Waals surface area contributed by atoms with Gasteiger partial charge in [-0.1, -0.05) is 6.07 Å². The molecule has 0 bridgehead atoms.